The SMILES string of the molecule is CN(C)c1ncc(Br)c2c1CN(C(=O)OCc1ccccc1)CC2. The van der Waals surface area contributed by atoms with Gasteiger partial charge in [0.15, 0.2) is 0 Å². The molecule has 5 nitrogen and oxygen atoms in total. The number of pyridine rings is 1. The number of benzene rings is 1. The molecule has 126 valence electrons. The highest BCUT2D eigenvalue weighted by Crippen LogP contribution is 2.31. The van der Waals surface area contributed by atoms with Crippen LogP contribution < -0.4 is 4.90 Å². The third kappa shape index (κ3) is 3.53. The Bertz CT molecular complexity index is 735. The minimum Gasteiger partial charge on any atom is -0.445 e. The summed E-state index contributed by atoms with van der Waals surface area (Å²) in [5.74, 6) is 0.897. The molecule has 3 rings (SSSR count). The molecule has 0 aliphatic carbocycles. The van der Waals surface area contributed by atoms with Crippen molar-refractivity contribution in [3.05, 3.63) is 57.7 Å². The van der Waals surface area contributed by atoms with Gasteiger partial charge in [-0.15, -0.1) is 0 Å². The smallest absolute Gasteiger partial charge is 0.410 e. The lowest BCUT2D eigenvalue weighted by molar-refractivity contribution is 0.0918. The fourth-order valence-corrected chi connectivity index (χ4v) is 3.40. The number of hydrogen-bond donors (Lipinski definition) is 0. The average molecular weight is 390 g/mol. The summed E-state index contributed by atoms with van der Waals surface area (Å²) in [4.78, 5) is 20.6. The van der Waals surface area contributed by atoms with Crippen LogP contribution in [0.3, 0.4) is 0 Å². The molecule has 1 aromatic carbocycles. The van der Waals surface area contributed by atoms with E-state index in [9.17, 15) is 4.79 Å². The highest BCUT2D eigenvalue weighted by atomic mass is 79.9. The summed E-state index contributed by atoms with van der Waals surface area (Å²) < 4.78 is 6.45. The highest BCUT2D eigenvalue weighted by Gasteiger charge is 2.26. The number of ether oxygens (including phenoxy) is 1. The van der Waals surface area contributed by atoms with E-state index in [1.54, 1.807) is 4.90 Å². The van der Waals surface area contributed by atoms with E-state index in [-0.39, 0.29) is 6.09 Å². The molecule has 1 aliphatic rings. The van der Waals surface area contributed by atoms with E-state index in [4.69, 9.17) is 4.74 Å². The lowest BCUT2D eigenvalue weighted by atomic mass is 10.0. The zero-order chi connectivity index (χ0) is 17.1. The first-order valence-corrected chi connectivity index (χ1v) is 8.64. The van der Waals surface area contributed by atoms with E-state index in [1.807, 2.05) is 55.5 Å². The Morgan fingerprint density at radius 2 is 2.04 bits per heavy atom. The average Bonchev–Trinajstić information content (AvgIpc) is 2.60. The molecular weight excluding hydrogens is 370 g/mol. The quantitative estimate of drug-likeness (QED) is 0.804. The van der Waals surface area contributed by atoms with Crippen molar-refractivity contribution in [3.63, 3.8) is 0 Å². The summed E-state index contributed by atoms with van der Waals surface area (Å²) in [5, 5.41) is 0. The Hall–Kier alpha value is -2.08. The summed E-state index contributed by atoms with van der Waals surface area (Å²) in [7, 11) is 3.92. The number of hydrogen-bond acceptors (Lipinski definition) is 4. The van der Waals surface area contributed by atoms with Crippen molar-refractivity contribution in [3.8, 4) is 0 Å². The summed E-state index contributed by atoms with van der Waals surface area (Å²) >= 11 is 3.57. The second-order valence-electron chi connectivity index (χ2n) is 5.99. The predicted molar refractivity (Wildman–Crippen MR) is 97.0 cm³/mol. The van der Waals surface area contributed by atoms with Gasteiger partial charge in [-0.2, -0.15) is 0 Å². The van der Waals surface area contributed by atoms with Crippen LogP contribution >= 0.6 is 15.9 Å². The molecule has 0 bridgehead atoms. The standard InChI is InChI=1S/C18H20BrN3O2/c1-21(2)17-15-11-22(9-8-14(15)16(19)10-20-17)18(23)24-12-13-6-4-3-5-7-13/h3-7,10H,8-9,11-12H2,1-2H3. The van der Waals surface area contributed by atoms with Gasteiger partial charge in [-0.3, -0.25) is 0 Å². The van der Waals surface area contributed by atoms with E-state index in [0.717, 1.165) is 27.8 Å². The molecular formula is C18H20BrN3O2. The summed E-state index contributed by atoms with van der Waals surface area (Å²) in [6, 6.07) is 9.72. The van der Waals surface area contributed by atoms with E-state index < -0.39 is 0 Å². The molecule has 0 saturated heterocycles. The highest BCUT2D eigenvalue weighted by molar-refractivity contribution is 9.10. The van der Waals surface area contributed by atoms with Crippen molar-refractivity contribution in [1.82, 2.24) is 9.88 Å². The number of carbonyl (C=O) groups is 1. The largest absolute Gasteiger partial charge is 0.445 e. The number of carbonyl (C=O) groups excluding carboxylic acids is 1. The Morgan fingerprint density at radius 3 is 2.75 bits per heavy atom. The number of rotatable bonds is 3. The predicted octanol–water partition coefficient (Wildman–Crippen LogP) is 3.61. The van der Waals surface area contributed by atoms with Crippen LogP contribution in [0.15, 0.2) is 41.0 Å². The molecule has 0 fully saturated rings. The van der Waals surface area contributed by atoms with Gasteiger partial charge < -0.3 is 14.5 Å². The Labute approximate surface area is 150 Å². The van der Waals surface area contributed by atoms with Gasteiger partial charge in [-0.05, 0) is 33.5 Å². The van der Waals surface area contributed by atoms with Gasteiger partial charge in [0.05, 0.1) is 6.54 Å². The third-order valence-corrected chi connectivity index (χ3v) is 4.77. The molecule has 0 spiro atoms. The first kappa shape index (κ1) is 16.8. The Balaban J connectivity index is 1.72. The summed E-state index contributed by atoms with van der Waals surface area (Å²) in [6.07, 6.45) is 2.34. The number of aromatic nitrogens is 1. The van der Waals surface area contributed by atoms with Crippen LogP contribution in [0, 0.1) is 0 Å². The van der Waals surface area contributed by atoms with Crippen LogP contribution in [-0.2, 0) is 24.3 Å². The topological polar surface area (TPSA) is 45.7 Å². The second-order valence-corrected chi connectivity index (χ2v) is 6.85. The minimum atomic E-state index is -0.283. The van der Waals surface area contributed by atoms with Gasteiger partial charge in [0.25, 0.3) is 0 Å². The molecule has 6 heteroatoms. The fourth-order valence-electron chi connectivity index (χ4n) is 2.86. The van der Waals surface area contributed by atoms with Crippen LogP contribution in [0.25, 0.3) is 0 Å². The maximum absolute atomic E-state index is 12.4. The van der Waals surface area contributed by atoms with Gasteiger partial charge >= 0.3 is 6.09 Å². The fraction of sp³-hybridized carbons (Fsp3) is 0.333. The van der Waals surface area contributed by atoms with E-state index in [0.29, 0.717) is 19.7 Å². The zero-order valence-corrected chi connectivity index (χ0v) is 15.4. The number of halogens is 1. The van der Waals surface area contributed by atoms with Crippen LogP contribution in [0.1, 0.15) is 16.7 Å². The monoisotopic (exact) mass is 389 g/mol. The summed E-state index contributed by atoms with van der Waals surface area (Å²) in [6.45, 7) is 1.46. The third-order valence-electron chi connectivity index (χ3n) is 4.09. The van der Waals surface area contributed by atoms with Gasteiger partial charge in [0.1, 0.15) is 12.4 Å². The van der Waals surface area contributed by atoms with Gasteiger partial charge in [-0.25, -0.2) is 9.78 Å². The molecule has 1 aromatic heterocycles. The number of nitrogens with zero attached hydrogens (tertiary/aromatic N) is 3. The molecule has 1 aliphatic heterocycles. The summed E-state index contributed by atoms with van der Waals surface area (Å²) in [5.41, 5.74) is 3.29. The number of fused-ring (bicyclic) bond motifs is 1. The van der Waals surface area contributed by atoms with Crippen molar-refractivity contribution in [2.45, 2.75) is 19.6 Å². The van der Waals surface area contributed by atoms with E-state index >= 15 is 0 Å². The van der Waals surface area contributed by atoms with Crippen molar-refractivity contribution >= 4 is 27.8 Å². The van der Waals surface area contributed by atoms with Crippen LogP contribution in [0.4, 0.5) is 10.6 Å². The van der Waals surface area contributed by atoms with Gasteiger partial charge in [0, 0.05) is 36.9 Å². The maximum atomic E-state index is 12.4. The van der Waals surface area contributed by atoms with E-state index in [1.165, 1.54) is 5.56 Å². The van der Waals surface area contributed by atoms with Gasteiger partial charge in [0.2, 0.25) is 0 Å². The Morgan fingerprint density at radius 1 is 1.29 bits per heavy atom. The zero-order valence-electron chi connectivity index (χ0n) is 13.8. The molecule has 2 heterocycles. The lowest BCUT2D eigenvalue weighted by Crippen LogP contribution is -2.37. The maximum Gasteiger partial charge on any atom is 0.410 e. The number of anilines is 1. The van der Waals surface area contributed by atoms with Crippen molar-refractivity contribution < 1.29 is 9.53 Å². The molecule has 0 N–H and O–H groups in total. The normalized spacial score (nSPS) is 13.4. The molecule has 0 atom stereocenters. The second kappa shape index (κ2) is 7.21. The van der Waals surface area contributed by atoms with Gasteiger partial charge in [-0.1, -0.05) is 30.3 Å². The minimum absolute atomic E-state index is 0.283. The van der Waals surface area contributed by atoms with Crippen molar-refractivity contribution in [2.24, 2.45) is 0 Å². The molecule has 2 aromatic rings. The van der Waals surface area contributed by atoms with Crippen molar-refractivity contribution in [1.29, 1.82) is 0 Å². The lowest BCUT2D eigenvalue weighted by Gasteiger charge is -2.31. The molecule has 0 saturated carbocycles. The molecule has 24 heavy (non-hydrogen) atoms. The van der Waals surface area contributed by atoms with Crippen molar-refractivity contribution in [2.75, 3.05) is 25.5 Å². The first-order valence-electron chi connectivity index (χ1n) is 7.85. The molecule has 0 unspecified atom stereocenters. The van der Waals surface area contributed by atoms with Crippen LogP contribution in [-0.4, -0.2) is 36.6 Å². The molecule has 1 amide bonds. The number of amides is 1. The van der Waals surface area contributed by atoms with E-state index in [2.05, 4.69) is 20.9 Å². The van der Waals surface area contributed by atoms with Crippen LogP contribution in [0.2, 0.25) is 0 Å². The Kier molecular flexibility index (Phi) is 5.04. The molecule has 0 radical (unpaired) electrons. The first-order chi connectivity index (χ1) is 11.6. The van der Waals surface area contributed by atoms with Crippen LogP contribution in [0.5, 0.6) is 0 Å².